The van der Waals surface area contributed by atoms with Gasteiger partial charge in [-0.05, 0) is 6.42 Å². The first-order chi connectivity index (χ1) is 8.10. The van der Waals surface area contributed by atoms with Gasteiger partial charge < -0.3 is 14.6 Å². The van der Waals surface area contributed by atoms with Crippen LogP contribution in [0.3, 0.4) is 0 Å². The third kappa shape index (κ3) is 10.6. The summed E-state index contributed by atoms with van der Waals surface area (Å²) in [5.41, 5.74) is 0. The lowest BCUT2D eigenvalue weighted by Crippen LogP contribution is -2.20. The Labute approximate surface area is 108 Å². The summed E-state index contributed by atoms with van der Waals surface area (Å²) in [7, 11) is 1.39. The number of ether oxygens (including phenoxy) is 2. The summed E-state index contributed by atoms with van der Waals surface area (Å²) in [5.74, 6) is 0.378. The van der Waals surface area contributed by atoms with Crippen LogP contribution in [0.25, 0.3) is 0 Å². The van der Waals surface area contributed by atoms with Crippen LogP contribution in [-0.4, -0.2) is 48.5 Å². The molecule has 1 N–H and O–H groups in total. The molecule has 2 atom stereocenters. The molecule has 0 aromatic carbocycles. The van der Waals surface area contributed by atoms with Crippen LogP contribution in [0.1, 0.15) is 33.1 Å². The Morgan fingerprint density at radius 1 is 1.47 bits per heavy atom. The molecule has 17 heavy (non-hydrogen) atoms. The predicted molar refractivity (Wildman–Crippen MR) is 70.3 cm³/mol. The third-order valence-corrected chi connectivity index (χ3v) is 3.52. The van der Waals surface area contributed by atoms with Crippen LogP contribution >= 0.6 is 11.8 Å². The summed E-state index contributed by atoms with van der Waals surface area (Å²) >= 11 is 1.56. The number of hydrogen-bond donors (Lipinski definition) is 1. The lowest BCUT2D eigenvalue weighted by molar-refractivity contribution is -0.140. The molecule has 0 heterocycles. The van der Waals surface area contributed by atoms with Crippen LogP contribution < -0.4 is 0 Å². The van der Waals surface area contributed by atoms with E-state index in [1.807, 2.05) is 6.92 Å². The molecule has 4 nitrogen and oxygen atoms in total. The van der Waals surface area contributed by atoms with Crippen molar-refractivity contribution in [2.75, 3.05) is 26.1 Å². The number of carbonyl (C=O) groups is 1. The normalized spacial score (nSPS) is 14.4. The van der Waals surface area contributed by atoms with Gasteiger partial charge in [-0.15, -0.1) is 0 Å². The lowest BCUT2D eigenvalue weighted by Gasteiger charge is -2.14. The van der Waals surface area contributed by atoms with Crippen LogP contribution in [0.4, 0.5) is 0 Å². The molecule has 0 aromatic rings. The van der Waals surface area contributed by atoms with Gasteiger partial charge in [0.15, 0.2) is 0 Å². The summed E-state index contributed by atoms with van der Waals surface area (Å²) in [6.45, 7) is 5.13. The zero-order valence-corrected chi connectivity index (χ0v) is 11.8. The largest absolute Gasteiger partial charge is 0.469 e. The number of carbonyl (C=O) groups excluding carboxylic acids is 1. The summed E-state index contributed by atoms with van der Waals surface area (Å²) in [6.07, 6.45) is 2.04. The molecule has 0 fully saturated rings. The summed E-state index contributed by atoms with van der Waals surface area (Å²) in [6, 6.07) is 0. The molecule has 0 saturated carbocycles. The van der Waals surface area contributed by atoms with Crippen LogP contribution in [0.2, 0.25) is 0 Å². The number of aliphatic hydroxyl groups excluding tert-OH is 1. The van der Waals surface area contributed by atoms with Gasteiger partial charge in [0.1, 0.15) is 0 Å². The number of methoxy groups -OCH3 is 1. The minimum absolute atomic E-state index is 0.160. The van der Waals surface area contributed by atoms with Crippen LogP contribution in [0.5, 0.6) is 0 Å². The Balaban J connectivity index is 3.48. The van der Waals surface area contributed by atoms with Crippen molar-refractivity contribution in [1.29, 1.82) is 0 Å². The van der Waals surface area contributed by atoms with Gasteiger partial charge in [0.25, 0.3) is 0 Å². The van der Waals surface area contributed by atoms with Gasteiger partial charge in [-0.2, -0.15) is 11.8 Å². The quantitative estimate of drug-likeness (QED) is 0.482. The van der Waals surface area contributed by atoms with Crippen molar-refractivity contribution < 1.29 is 19.4 Å². The van der Waals surface area contributed by atoms with Gasteiger partial charge >= 0.3 is 5.97 Å². The Morgan fingerprint density at radius 2 is 2.18 bits per heavy atom. The van der Waals surface area contributed by atoms with E-state index in [0.29, 0.717) is 25.4 Å². The highest BCUT2D eigenvalue weighted by Crippen LogP contribution is 2.15. The van der Waals surface area contributed by atoms with Gasteiger partial charge in [0.2, 0.25) is 0 Å². The molecule has 0 aliphatic heterocycles. The topological polar surface area (TPSA) is 55.8 Å². The number of hydrogen-bond acceptors (Lipinski definition) is 5. The van der Waals surface area contributed by atoms with E-state index < -0.39 is 6.10 Å². The van der Waals surface area contributed by atoms with Crippen molar-refractivity contribution in [3.63, 3.8) is 0 Å². The first-order valence-corrected chi connectivity index (χ1v) is 7.09. The molecule has 0 aromatic heterocycles. The Hall–Kier alpha value is -0.260. The molecule has 0 saturated heterocycles. The highest BCUT2D eigenvalue weighted by Gasteiger charge is 2.12. The molecule has 0 aliphatic rings. The van der Waals surface area contributed by atoms with Crippen molar-refractivity contribution >= 4 is 17.7 Å². The van der Waals surface area contributed by atoms with E-state index in [2.05, 4.69) is 11.7 Å². The molecule has 2 unspecified atom stereocenters. The fourth-order valence-corrected chi connectivity index (χ4v) is 2.07. The van der Waals surface area contributed by atoms with Gasteiger partial charge in [-0.3, -0.25) is 4.79 Å². The Bertz CT molecular complexity index is 199. The highest BCUT2D eigenvalue weighted by atomic mass is 32.2. The SMILES string of the molecule is CCCCOCC(O)CSC(C)CC(=O)OC. The van der Waals surface area contributed by atoms with Crippen LogP contribution in [-0.2, 0) is 14.3 Å². The van der Waals surface area contributed by atoms with Crippen molar-refractivity contribution in [2.24, 2.45) is 0 Å². The first kappa shape index (κ1) is 16.7. The first-order valence-electron chi connectivity index (χ1n) is 6.04. The smallest absolute Gasteiger partial charge is 0.306 e. The minimum atomic E-state index is -0.461. The molecule has 5 heteroatoms. The fraction of sp³-hybridized carbons (Fsp3) is 0.917. The van der Waals surface area contributed by atoms with Crippen LogP contribution in [0, 0.1) is 0 Å². The number of aliphatic hydroxyl groups is 1. The van der Waals surface area contributed by atoms with Crippen molar-refractivity contribution in [3.8, 4) is 0 Å². The van der Waals surface area contributed by atoms with E-state index >= 15 is 0 Å². The molecule has 0 radical (unpaired) electrons. The maximum absolute atomic E-state index is 11.0. The standard InChI is InChI=1S/C12H24O4S/c1-4-5-6-16-8-11(13)9-17-10(2)7-12(14)15-3/h10-11,13H,4-9H2,1-3H3. The molecule has 0 amide bonds. The molecule has 0 spiro atoms. The van der Waals surface area contributed by atoms with Crippen LogP contribution in [0.15, 0.2) is 0 Å². The Kier molecular flexibility index (Phi) is 10.7. The molecular weight excluding hydrogens is 240 g/mol. The average Bonchev–Trinajstić information content (AvgIpc) is 2.32. The average molecular weight is 264 g/mol. The predicted octanol–water partition coefficient (Wildman–Crippen LogP) is 1.85. The van der Waals surface area contributed by atoms with Gasteiger partial charge in [-0.25, -0.2) is 0 Å². The van der Waals surface area contributed by atoms with E-state index in [1.54, 1.807) is 11.8 Å². The third-order valence-electron chi connectivity index (χ3n) is 2.21. The molecule has 102 valence electrons. The van der Waals surface area contributed by atoms with E-state index in [1.165, 1.54) is 7.11 Å². The monoisotopic (exact) mass is 264 g/mol. The second kappa shape index (κ2) is 10.9. The maximum Gasteiger partial charge on any atom is 0.306 e. The summed E-state index contributed by atoms with van der Waals surface area (Å²) in [5, 5.41) is 9.79. The van der Waals surface area contributed by atoms with E-state index in [-0.39, 0.29) is 11.2 Å². The molecule has 0 bridgehead atoms. The molecule has 0 rings (SSSR count). The number of thioether (sulfide) groups is 1. The summed E-state index contributed by atoms with van der Waals surface area (Å²) < 4.78 is 9.90. The van der Waals surface area contributed by atoms with E-state index in [4.69, 9.17) is 4.74 Å². The second-order valence-electron chi connectivity index (χ2n) is 4.01. The van der Waals surface area contributed by atoms with Crippen molar-refractivity contribution in [3.05, 3.63) is 0 Å². The van der Waals surface area contributed by atoms with Gasteiger partial charge in [-0.1, -0.05) is 20.3 Å². The zero-order valence-electron chi connectivity index (χ0n) is 11.0. The van der Waals surface area contributed by atoms with E-state index in [0.717, 1.165) is 12.8 Å². The van der Waals surface area contributed by atoms with Gasteiger partial charge in [0.05, 0.1) is 26.2 Å². The van der Waals surface area contributed by atoms with Crippen molar-refractivity contribution in [2.45, 2.75) is 44.5 Å². The number of unbranched alkanes of at least 4 members (excludes halogenated alkanes) is 1. The lowest BCUT2D eigenvalue weighted by atomic mass is 10.3. The number of rotatable bonds is 10. The molecular formula is C12H24O4S. The Morgan fingerprint density at radius 3 is 2.76 bits per heavy atom. The van der Waals surface area contributed by atoms with Crippen molar-refractivity contribution in [1.82, 2.24) is 0 Å². The fourth-order valence-electron chi connectivity index (χ4n) is 1.17. The number of esters is 1. The molecule has 0 aliphatic carbocycles. The maximum atomic E-state index is 11.0. The minimum Gasteiger partial charge on any atom is -0.469 e. The highest BCUT2D eigenvalue weighted by molar-refractivity contribution is 7.99. The second-order valence-corrected chi connectivity index (χ2v) is 5.48. The van der Waals surface area contributed by atoms with E-state index in [9.17, 15) is 9.90 Å². The van der Waals surface area contributed by atoms with Gasteiger partial charge in [0, 0.05) is 17.6 Å². The zero-order chi connectivity index (χ0) is 13.1. The summed E-state index contributed by atoms with van der Waals surface area (Å²) in [4.78, 5) is 11.0.